The van der Waals surface area contributed by atoms with E-state index in [-0.39, 0.29) is 11.4 Å². The van der Waals surface area contributed by atoms with Crippen molar-refractivity contribution in [1.29, 1.82) is 0 Å². The van der Waals surface area contributed by atoms with Crippen molar-refractivity contribution in [3.8, 4) is 0 Å². The highest BCUT2D eigenvalue weighted by Gasteiger charge is 2.36. The van der Waals surface area contributed by atoms with Crippen LogP contribution in [0.25, 0.3) is 0 Å². The molecule has 0 saturated carbocycles. The first-order chi connectivity index (χ1) is 7.71. The molecule has 0 amide bonds. The number of ether oxygens (including phenoxy) is 1. The van der Waals surface area contributed by atoms with Crippen molar-refractivity contribution >= 4 is 17.3 Å². The number of piperidine rings is 1. The van der Waals surface area contributed by atoms with Gasteiger partial charge in [-0.3, -0.25) is 4.79 Å². The van der Waals surface area contributed by atoms with Crippen LogP contribution in [-0.4, -0.2) is 19.1 Å². The first-order valence-electron chi connectivity index (χ1n) is 5.61. The van der Waals surface area contributed by atoms with Gasteiger partial charge < -0.3 is 10.1 Å². The van der Waals surface area contributed by atoms with Gasteiger partial charge in [-0.1, -0.05) is 6.07 Å². The number of esters is 1. The van der Waals surface area contributed by atoms with E-state index in [1.807, 2.05) is 24.4 Å². The van der Waals surface area contributed by atoms with E-state index in [4.69, 9.17) is 4.74 Å². The topological polar surface area (TPSA) is 38.3 Å². The predicted octanol–water partition coefficient (Wildman–Crippen LogP) is 2.18. The Labute approximate surface area is 99.8 Å². The third-order valence-electron chi connectivity index (χ3n) is 3.02. The maximum Gasteiger partial charge on any atom is 0.313 e. The second-order valence-corrected chi connectivity index (χ2v) is 5.53. The molecule has 2 heterocycles. The van der Waals surface area contributed by atoms with Gasteiger partial charge in [-0.2, -0.15) is 0 Å². The Morgan fingerprint density at radius 1 is 1.69 bits per heavy atom. The van der Waals surface area contributed by atoms with E-state index in [9.17, 15) is 4.79 Å². The molecule has 3 nitrogen and oxygen atoms in total. The van der Waals surface area contributed by atoms with Gasteiger partial charge >= 0.3 is 5.97 Å². The molecule has 1 atom stereocenters. The molecular formula is C12H17NO2S. The Morgan fingerprint density at radius 3 is 3.19 bits per heavy atom. The van der Waals surface area contributed by atoms with Gasteiger partial charge in [-0.25, -0.2) is 0 Å². The molecule has 1 fully saturated rings. The van der Waals surface area contributed by atoms with Gasteiger partial charge in [-0.05, 0) is 37.8 Å². The van der Waals surface area contributed by atoms with E-state index in [2.05, 4.69) is 5.32 Å². The highest BCUT2D eigenvalue weighted by Crippen LogP contribution is 2.27. The van der Waals surface area contributed by atoms with Crippen LogP contribution < -0.4 is 5.32 Å². The van der Waals surface area contributed by atoms with Gasteiger partial charge in [-0.15, -0.1) is 11.3 Å². The highest BCUT2D eigenvalue weighted by molar-refractivity contribution is 7.09. The molecule has 0 spiro atoms. The number of nitrogens with one attached hydrogen (secondary N) is 1. The Kier molecular flexibility index (Phi) is 3.61. The van der Waals surface area contributed by atoms with Gasteiger partial charge in [0.25, 0.3) is 0 Å². The van der Waals surface area contributed by atoms with Crippen LogP contribution in [-0.2, 0) is 16.1 Å². The zero-order valence-electron chi connectivity index (χ0n) is 9.49. The van der Waals surface area contributed by atoms with Crippen molar-refractivity contribution in [3.05, 3.63) is 22.4 Å². The van der Waals surface area contributed by atoms with Gasteiger partial charge in [0.2, 0.25) is 0 Å². The fourth-order valence-corrected chi connectivity index (χ4v) is 2.55. The second-order valence-electron chi connectivity index (χ2n) is 4.50. The van der Waals surface area contributed by atoms with Crippen molar-refractivity contribution in [2.75, 3.05) is 13.1 Å². The molecule has 0 aromatic carbocycles. The molecule has 1 unspecified atom stereocenters. The van der Waals surface area contributed by atoms with Crippen LogP contribution in [0.2, 0.25) is 0 Å². The molecule has 16 heavy (non-hydrogen) atoms. The average Bonchev–Trinajstić information content (AvgIpc) is 2.79. The Morgan fingerprint density at radius 2 is 2.56 bits per heavy atom. The van der Waals surface area contributed by atoms with E-state index >= 15 is 0 Å². The number of carbonyl (C=O) groups is 1. The van der Waals surface area contributed by atoms with E-state index < -0.39 is 0 Å². The van der Waals surface area contributed by atoms with Crippen LogP contribution in [0.3, 0.4) is 0 Å². The maximum atomic E-state index is 12.0. The minimum absolute atomic E-state index is 0.0758. The first-order valence-corrected chi connectivity index (χ1v) is 6.49. The summed E-state index contributed by atoms with van der Waals surface area (Å²) < 4.78 is 5.36. The third-order valence-corrected chi connectivity index (χ3v) is 3.87. The van der Waals surface area contributed by atoms with Crippen LogP contribution in [0, 0.1) is 5.41 Å². The van der Waals surface area contributed by atoms with E-state index in [1.165, 1.54) is 0 Å². The van der Waals surface area contributed by atoms with Gasteiger partial charge in [0.1, 0.15) is 6.61 Å². The normalized spacial score (nSPS) is 25.3. The summed E-state index contributed by atoms with van der Waals surface area (Å²) in [6.07, 6.45) is 1.97. The number of hydrogen-bond donors (Lipinski definition) is 1. The molecule has 1 aliphatic rings. The molecule has 1 saturated heterocycles. The zero-order chi connectivity index (χ0) is 11.4. The van der Waals surface area contributed by atoms with Crippen LogP contribution >= 0.6 is 11.3 Å². The summed E-state index contributed by atoms with van der Waals surface area (Å²) in [5.74, 6) is -0.0758. The molecule has 88 valence electrons. The Bertz CT molecular complexity index is 342. The lowest BCUT2D eigenvalue weighted by Gasteiger charge is -2.31. The minimum atomic E-state index is -0.338. The zero-order valence-corrected chi connectivity index (χ0v) is 10.3. The molecule has 2 rings (SSSR count). The van der Waals surface area contributed by atoms with Crippen molar-refractivity contribution in [2.45, 2.75) is 26.4 Å². The maximum absolute atomic E-state index is 12.0. The van der Waals surface area contributed by atoms with Crippen LogP contribution in [0.5, 0.6) is 0 Å². The summed E-state index contributed by atoms with van der Waals surface area (Å²) >= 11 is 1.62. The number of carbonyl (C=O) groups excluding carboxylic acids is 1. The quantitative estimate of drug-likeness (QED) is 0.822. The van der Waals surface area contributed by atoms with Crippen LogP contribution in [0.15, 0.2) is 17.5 Å². The minimum Gasteiger partial charge on any atom is -0.460 e. The largest absolute Gasteiger partial charge is 0.460 e. The van der Waals surface area contributed by atoms with Crippen molar-refractivity contribution in [3.63, 3.8) is 0 Å². The Balaban J connectivity index is 1.87. The summed E-state index contributed by atoms with van der Waals surface area (Å²) in [6.45, 7) is 4.13. The summed E-state index contributed by atoms with van der Waals surface area (Å²) in [4.78, 5) is 13.1. The summed E-state index contributed by atoms with van der Waals surface area (Å²) in [5, 5.41) is 5.24. The second kappa shape index (κ2) is 4.97. The van der Waals surface area contributed by atoms with Crippen LogP contribution in [0.4, 0.5) is 0 Å². The molecule has 1 aliphatic heterocycles. The number of hydrogen-bond acceptors (Lipinski definition) is 4. The molecule has 0 radical (unpaired) electrons. The van der Waals surface area contributed by atoms with Crippen LogP contribution in [0.1, 0.15) is 24.6 Å². The lowest BCUT2D eigenvalue weighted by atomic mass is 9.83. The summed E-state index contributed by atoms with van der Waals surface area (Å²) in [7, 11) is 0. The lowest BCUT2D eigenvalue weighted by molar-refractivity contribution is -0.157. The predicted molar refractivity (Wildman–Crippen MR) is 64.3 cm³/mol. The molecule has 1 aromatic heterocycles. The molecule has 0 bridgehead atoms. The van der Waals surface area contributed by atoms with Crippen molar-refractivity contribution < 1.29 is 9.53 Å². The SMILES string of the molecule is CC1(C(=O)OCc2cccs2)CCCNC1. The molecular weight excluding hydrogens is 222 g/mol. The third kappa shape index (κ3) is 2.62. The smallest absolute Gasteiger partial charge is 0.313 e. The number of thiophene rings is 1. The summed E-state index contributed by atoms with van der Waals surface area (Å²) in [5.41, 5.74) is -0.338. The van der Waals surface area contributed by atoms with E-state index in [1.54, 1.807) is 11.3 Å². The fourth-order valence-electron chi connectivity index (χ4n) is 1.94. The van der Waals surface area contributed by atoms with E-state index in [0.29, 0.717) is 6.61 Å². The van der Waals surface area contributed by atoms with Gasteiger partial charge in [0, 0.05) is 11.4 Å². The standard InChI is InChI=1S/C12H17NO2S/c1-12(5-3-6-13-9-12)11(14)15-8-10-4-2-7-16-10/h2,4,7,13H,3,5-6,8-9H2,1H3. The molecule has 1 aromatic rings. The Hall–Kier alpha value is -0.870. The highest BCUT2D eigenvalue weighted by atomic mass is 32.1. The average molecular weight is 239 g/mol. The van der Waals surface area contributed by atoms with Gasteiger partial charge in [0.05, 0.1) is 5.41 Å². The van der Waals surface area contributed by atoms with Gasteiger partial charge in [0.15, 0.2) is 0 Å². The molecule has 4 heteroatoms. The fraction of sp³-hybridized carbons (Fsp3) is 0.583. The number of rotatable bonds is 3. The van der Waals surface area contributed by atoms with Crippen molar-refractivity contribution in [2.24, 2.45) is 5.41 Å². The van der Waals surface area contributed by atoms with Crippen molar-refractivity contribution in [1.82, 2.24) is 5.32 Å². The first kappa shape index (κ1) is 11.6. The monoisotopic (exact) mass is 239 g/mol. The molecule has 1 N–H and O–H groups in total. The lowest BCUT2D eigenvalue weighted by Crippen LogP contribution is -2.44. The van der Waals surface area contributed by atoms with E-state index in [0.717, 1.165) is 30.8 Å². The summed E-state index contributed by atoms with van der Waals surface area (Å²) in [6, 6.07) is 3.96. The molecule has 0 aliphatic carbocycles.